The molecule has 0 radical (unpaired) electrons. The number of nitriles is 1. The lowest BCUT2D eigenvalue weighted by Gasteiger charge is -2.29. The maximum Gasteiger partial charge on any atom is 0.304 e. The van der Waals surface area contributed by atoms with Gasteiger partial charge in [-0.05, 0) is 43.3 Å². The lowest BCUT2D eigenvalue weighted by molar-refractivity contribution is -0.384. The molecule has 0 N–H and O–H groups in total. The minimum absolute atomic E-state index is 0.0114. The number of hydrogen-bond acceptors (Lipinski definition) is 8. The van der Waals surface area contributed by atoms with Crippen LogP contribution in [0.15, 0.2) is 58.8 Å². The topological polar surface area (TPSA) is 121 Å². The SMILES string of the molecule is CC(=O)OC(C)N(CCC#N)c1ccc(/N=N/c2ccc([N+](=O)[O-])cc2)cc1. The van der Waals surface area contributed by atoms with Gasteiger partial charge in [-0.1, -0.05) is 0 Å². The molecule has 9 nitrogen and oxygen atoms in total. The van der Waals surface area contributed by atoms with Crippen molar-refractivity contribution in [3.63, 3.8) is 0 Å². The lowest BCUT2D eigenvalue weighted by Crippen LogP contribution is -2.37. The zero-order valence-electron chi connectivity index (χ0n) is 15.5. The molecule has 2 aromatic carbocycles. The number of nitro benzene ring substituents is 1. The fourth-order valence-corrected chi connectivity index (χ4v) is 2.46. The van der Waals surface area contributed by atoms with E-state index in [0.717, 1.165) is 5.69 Å². The number of hydrogen-bond donors (Lipinski definition) is 0. The van der Waals surface area contributed by atoms with Crippen molar-refractivity contribution in [3.05, 3.63) is 58.6 Å². The highest BCUT2D eigenvalue weighted by Crippen LogP contribution is 2.25. The van der Waals surface area contributed by atoms with E-state index in [1.807, 2.05) is 4.90 Å². The summed E-state index contributed by atoms with van der Waals surface area (Å²) in [4.78, 5) is 23.2. The van der Waals surface area contributed by atoms with E-state index in [0.29, 0.717) is 17.9 Å². The number of azo groups is 1. The average Bonchev–Trinajstić information content (AvgIpc) is 2.67. The van der Waals surface area contributed by atoms with Gasteiger partial charge in [-0.25, -0.2) is 0 Å². The molecule has 28 heavy (non-hydrogen) atoms. The third-order valence-corrected chi connectivity index (χ3v) is 3.76. The van der Waals surface area contributed by atoms with E-state index in [4.69, 9.17) is 10.00 Å². The van der Waals surface area contributed by atoms with Gasteiger partial charge in [-0.3, -0.25) is 14.9 Å². The Morgan fingerprint density at radius 3 is 2.18 bits per heavy atom. The number of rotatable bonds is 8. The zero-order chi connectivity index (χ0) is 20.5. The standard InChI is InChI=1S/C19H19N5O4/c1-14(28-15(2)25)23(13-3-12-20)18-8-4-16(5-9-18)21-22-17-6-10-19(11-7-17)24(26)27/h4-11,14H,3,13H2,1-2H3/b22-21+. The molecule has 9 heteroatoms. The van der Waals surface area contributed by atoms with Crippen molar-refractivity contribution >= 4 is 28.7 Å². The molecule has 0 aromatic heterocycles. The van der Waals surface area contributed by atoms with Crippen LogP contribution in [0.4, 0.5) is 22.7 Å². The second-order valence-corrected chi connectivity index (χ2v) is 5.80. The number of anilines is 1. The first-order chi connectivity index (χ1) is 13.4. The van der Waals surface area contributed by atoms with Gasteiger partial charge in [-0.2, -0.15) is 15.5 Å². The van der Waals surface area contributed by atoms with E-state index in [1.165, 1.54) is 31.2 Å². The Morgan fingerprint density at radius 1 is 1.18 bits per heavy atom. The first-order valence-corrected chi connectivity index (χ1v) is 8.48. The highest BCUT2D eigenvalue weighted by molar-refractivity contribution is 5.66. The van der Waals surface area contributed by atoms with E-state index >= 15 is 0 Å². The molecule has 2 rings (SSSR count). The first-order valence-electron chi connectivity index (χ1n) is 8.48. The summed E-state index contributed by atoms with van der Waals surface area (Å²) in [6.45, 7) is 3.48. The second kappa shape index (κ2) is 9.78. The Bertz CT molecular complexity index is 888. The van der Waals surface area contributed by atoms with Crippen LogP contribution < -0.4 is 4.90 Å². The second-order valence-electron chi connectivity index (χ2n) is 5.80. The Morgan fingerprint density at radius 2 is 1.71 bits per heavy atom. The summed E-state index contributed by atoms with van der Waals surface area (Å²) in [6.07, 6.45) is -0.230. The number of ether oxygens (including phenoxy) is 1. The van der Waals surface area contributed by atoms with Crippen molar-refractivity contribution in [2.24, 2.45) is 10.2 Å². The highest BCUT2D eigenvalue weighted by Gasteiger charge is 2.16. The van der Waals surface area contributed by atoms with Crippen LogP contribution >= 0.6 is 0 Å². The minimum Gasteiger partial charge on any atom is -0.442 e. The van der Waals surface area contributed by atoms with Crippen molar-refractivity contribution in [2.45, 2.75) is 26.5 Å². The number of esters is 1. The van der Waals surface area contributed by atoms with Crippen molar-refractivity contribution in [2.75, 3.05) is 11.4 Å². The molecule has 0 aliphatic carbocycles. The van der Waals surface area contributed by atoms with E-state index in [2.05, 4.69) is 16.3 Å². The summed E-state index contributed by atoms with van der Waals surface area (Å²) in [5, 5.41) is 27.7. The molecule has 0 fully saturated rings. The quantitative estimate of drug-likeness (QED) is 0.216. The van der Waals surface area contributed by atoms with E-state index < -0.39 is 17.1 Å². The van der Waals surface area contributed by atoms with Gasteiger partial charge in [0, 0.05) is 31.3 Å². The summed E-state index contributed by atoms with van der Waals surface area (Å²) in [5.41, 5.74) is 1.84. The van der Waals surface area contributed by atoms with Gasteiger partial charge in [0.15, 0.2) is 6.23 Å². The Kier molecular flexibility index (Phi) is 7.16. The van der Waals surface area contributed by atoms with Gasteiger partial charge in [0.05, 0.1) is 28.8 Å². The lowest BCUT2D eigenvalue weighted by atomic mass is 10.2. The Labute approximate surface area is 162 Å². The van der Waals surface area contributed by atoms with Gasteiger partial charge in [-0.15, -0.1) is 0 Å². The monoisotopic (exact) mass is 381 g/mol. The molecule has 0 heterocycles. The fourth-order valence-electron chi connectivity index (χ4n) is 2.46. The molecule has 0 saturated heterocycles. The van der Waals surface area contributed by atoms with E-state index in [9.17, 15) is 14.9 Å². The van der Waals surface area contributed by atoms with Crippen molar-refractivity contribution < 1.29 is 14.5 Å². The molecule has 0 bridgehead atoms. The molecule has 0 aliphatic rings. The van der Waals surface area contributed by atoms with E-state index in [-0.39, 0.29) is 12.1 Å². The van der Waals surface area contributed by atoms with Gasteiger partial charge in [0.2, 0.25) is 0 Å². The number of benzene rings is 2. The molecule has 0 amide bonds. The molecule has 1 atom stereocenters. The summed E-state index contributed by atoms with van der Waals surface area (Å²) in [7, 11) is 0. The highest BCUT2D eigenvalue weighted by atomic mass is 16.6. The Balaban J connectivity index is 2.12. The summed E-state index contributed by atoms with van der Waals surface area (Å²) in [6, 6.07) is 14.9. The average molecular weight is 381 g/mol. The number of carbonyl (C=O) groups is 1. The maximum absolute atomic E-state index is 11.2. The third-order valence-electron chi connectivity index (χ3n) is 3.76. The van der Waals surface area contributed by atoms with Gasteiger partial charge < -0.3 is 9.64 Å². The molecule has 1 unspecified atom stereocenters. The maximum atomic E-state index is 11.2. The fraction of sp³-hybridized carbons (Fsp3) is 0.263. The Hall–Kier alpha value is -3.80. The largest absolute Gasteiger partial charge is 0.442 e. The number of carbonyl (C=O) groups excluding carboxylic acids is 1. The first kappa shape index (κ1) is 20.5. The predicted octanol–water partition coefficient (Wildman–Crippen LogP) is 4.64. The van der Waals surface area contributed by atoms with Crippen molar-refractivity contribution in [3.8, 4) is 6.07 Å². The molecule has 144 valence electrons. The molecule has 0 spiro atoms. The minimum atomic E-state index is -0.515. The number of nitrogens with zero attached hydrogens (tertiary/aromatic N) is 5. The molecular weight excluding hydrogens is 362 g/mol. The van der Waals surface area contributed by atoms with Crippen LogP contribution in [0, 0.1) is 21.4 Å². The van der Waals surface area contributed by atoms with Crippen molar-refractivity contribution in [1.29, 1.82) is 5.26 Å². The van der Waals surface area contributed by atoms with Crippen LogP contribution in [0.25, 0.3) is 0 Å². The smallest absolute Gasteiger partial charge is 0.304 e. The van der Waals surface area contributed by atoms with Crippen molar-refractivity contribution in [1.82, 2.24) is 0 Å². The molecule has 0 saturated carbocycles. The summed E-state index contributed by atoms with van der Waals surface area (Å²) in [5.74, 6) is -0.400. The third kappa shape index (κ3) is 5.88. The van der Waals surface area contributed by atoms with Crippen LogP contribution in [0.2, 0.25) is 0 Å². The molecule has 0 aliphatic heterocycles. The summed E-state index contributed by atoms with van der Waals surface area (Å²) >= 11 is 0. The zero-order valence-corrected chi connectivity index (χ0v) is 15.5. The van der Waals surface area contributed by atoms with Crippen LogP contribution in [0.1, 0.15) is 20.3 Å². The number of nitro groups is 1. The van der Waals surface area contributed by atoms with Gasteiger partial charge in [0.1, 0.15) is 0 Å². The van der Waals surface area contributed by atoms with Crippen LogP contribution in [0.5, 0.6) is 0 Å². The molecular formula is C19H19N5O4. The molecule has 2 aromatic rings. The number of non-ortho nitro benzene ring substituents is 1. The summed E-state index contributed by atoms with van der Waals surface area (Å²) < 4.78 is 5.21. The normalized spacial score (nSPS) is 11.6. The predicted molar refractivity (Wildman–Crippen MR) is 103 cm³/mol. The van der Waals surface area contributed by atoms with E-state index in [1.54, 1.807) is 31.2 Å². The van der Waals surface area contributed by atoms with Crippen LogP contribution in [0.3, 0.4) is 0 Å². The van der Waals surface area contributed by atoms with Gasteiger partial charge >= 0.3 is 5.97 Å². The van der Waals surface area contributed by atoms with Crippen LogP contribution in [-0.4, -0.2) is 23.7 Å². The van der Waals surface area contributed by atoms with Gasteiger partial charge in [0.25, 0.3) is 5.69 Å². The van der Waals surface area contributed by atoms with Crippen LogP contribution in [-0.2, 0) is 9.53 Å².